The van der Waals surface area contributed by atoms with Crippen molar-refractivity contribution in [2.75, 3.05) is 14.1 Å². The molecule has 0 fully saturated rings. The lowest BCUT2D eigenvalue weighted by Crippen LogP contribution is -2.18. The Morgan fingerprint density at radius 1 is 1.42 bits per heavy atom. The lowest BCUT2D eigenvalue weighted by atomic mass is 10.3. The minimum atomic E-state index is 0.0844. The van der Waals surface area contributed by atoms with Crippen LogP contribution in [0.15, 0.2) is 15.7 Å². The smallest absolute Gasteiger partial charge is 0.227 e. The van der Waals surface area contributed by atoms with E-state index in [0.717, 1.165) is 0 Å². The summed E-state index contributed by atoms with van der Waals surface area (Å²) in [6.07, 6.45) is 0. The molecule has 12 heavy (non-hydrogen) atoms. The number of hydrogen-bond acceptors (Lipinski definition) is 4. The van der Waals surface area contributed by atoms with Crippen molar-refractivity contribution in [3.05, 3.63) is 11.1 Å². The van der Waals surface area contributed by atoms with Crippen LogP contribution in [0.2, 0.25) is 0 Å². The number of rotatable bonds is 0. The Bertz CT molecular complexity index is 348. The van der Waals surface area contributed by atoms with Crippen LogP contribution in [-0.4, -0.2) is 36.5 Å². The van der Waals surface area contributed by atoms with Gasteiger partial charge in [0.05, 0.1) is 0 Å². The number of nitrogens with zero attached hydrogens (tertiary/aromatic N) is 5. The number of guanidine groups is 1. The van der Waals surface area contributed by atoms with Gasteiger partial charge < -0.3 is 10.3 Å². The third-order valence-corrected chi connectivity index (χ3v) is 1.26. The van der Waals surface area contributed by atoms with E-state index < -0.39 is 0 Å². The van der Waals surface area contributed by atoms with Crippen LogP contribution in [-0.2, 0) is 0 Å². The maximum absolute atomic E-state index is 8.52. The maximum Gasteiger partial charge on any atom is 0.227 e. The summed E-state index contributed by atoms with van der Waals surface area (Å²) in [6.45, 7) is 0. The fourth-order valence-electron chi connectivity index (χ4n) is 0.687. The number of nitriles is 1. The molecule has 60 valence electrons. The van der Waals surface area contributed by atoms with Crippen LogP contribution in [0.5, 0.6) is 0 Å². The first-order valence-electron chi connectivity index (χ1n) is 3.21. The largest absolute Gasteiger partial charge is 0.761 e. The average molecular weight is 160 g/mol. The van der Waals surface area contributed by atoms with Gasteiger partial charge in [0.25, 0.3) is 0 Å². The Kier molecular flexibility index (Phi) is 2.04. The van der Waals surface area contributed by atoms with Crippen molar-refractivity contribution in [2.24, 2.45) is 9.98 Å². The molecule has 1 rings (SSSR count). The average Bonchev–Trinajstić information content (AvgIpc) is 2.46. The standard InChI is InChI=1S/C7H6N5/c1-12(2)7-10-5(3-8)6(4-9)11-7/h1-2H3/q-1. The molecule has 0 radical (unpaired) electrons. The van der Waals surface area contributed by atoms with Crippen molar-refractivity contribution in [3.63, 3.8) is 0 Å². The van der Waals surface area contributed by atoms with Gasteiger partial charge in [0.1, 0.15) is 11.8 Å². The molecule has 1 aliphatic heterocycles. The second-order valence-electron chi connectivity index (χ2n) is 2.34. The number of allylic oxidation sites excluding steroid dienone is 1. The van der Waals surface area contributed by atoms with E-state index in [4.69, 9.17) is 10.7 Å². The molecule has 0 amide bonds. The van der Waals surface area contributed by atoms with Crippen molar-refractivity contribution in [2.45, 2.75) is 0 Å². The van der Waals surface area contributed by atoms with E-state index in [1.165, 1.54) is 0 Å². The molecule has 5 heteroatoms. The zero-order valence-electron chi connectivity index (χ0n) is 6.74. The number of hydrogen-bond donors (Lipinski definition) is 0. The minimum absolute atomic E-state index is 0.0844. The first-order chi connectivity index (χ1) is 5.69. The van der Waals surface area contributed by atoms with Gasteiger partial charge in [-0.2, -0.15) is 10.3 Å². The highest BCUT2D eigenvalue weighted by molar-refractivity contribution is 6.23. The summed E-state index contributed by atoms with van der Waals surface area (Å²) < 4.78 is 0. The molecule has 1 heterocycles. The topological polar surface area (TPSA) is 74.0 Å². The Morgan fingerprint density at radius 2 is 2.08 bits per heavy atom. The fourth-order valence-corrected chi connectivity index (χ4v) is 0.687. The summed E-state index contributed by atoms with van der Waals surface area (Å²) in [4.78, 5) is 9.30. The van der Waals surface area contributed by atoms with Crippen molar-refractivity contribution in [3.8, 4) is 6.07 Å². The molecular weight excluding hydrogens is 154 g/mol. The van der Waals surface area contributed by atoms with Gasteiger partial charge in [0.2, 0.25) is 5.96 Å². The normalized spacial score (nSPS) is 14.6. The van der Waals surface area contributed by atoms with Crippen LogP contribution in [0.25, 0.3) is 5.41 Å². The van der Waals surface area contributed by atoms with E-state index >= 15 is 0 Å². The molecule has 5 nitrogen and oxygen atoms in total. The van der Waals surface area contributed by atoms with Crippen molar-refractivity contribution < 1.29 is 0 Å². The second kappa shape index (κ2) is 2.99. The van der Waals surface area contributed by atoms with Crippen LogP contribution < -0.4 is 0 Å². The Labute approximate surface area is 69.9 Å². The van der Waals surface area contributed by atoms with Crippen molar-refractivity contribution >= 4 is 17.5 Å². The highest BCUT2D eigenvalue weighted by Gasteiger charge is 2.15. The summed E-state index contributed by atoms with van der Waals surface area (Å²) in [5, 5.41) is 17.0. The van der Waals surface area contributed by atoms with Gasteiger partial charge in [-0.1, -0.05) is 0 Å². The maximum atomic E-state index is 8.52. The molecule has 0 saturated heterocycles. The molecule has 0 aromatic heterocycles. The monoisotopic (exact) mass is 160 g/mol. The molecule has 0 spiro atoms. The lowest BCUT2D eigenvalue weighted by molar-refractivity contribution is 0.617. The molecule has 0 aromatic rings. The fraction of sp³-hybridized carbons (Fsp3) is 0.286. The molecule has 1 aliphatic rings. The summed E-state index contributed by atoms with van der Waals surface area (Å²) >= 11 is 0. The van der Waals surface area contributed by atoms with Gasteiger partial charge in [0, 0.05) is 14.1 Å². The zero-order valence-corrected chi connectivity index (χ0v) is 6.74. The van der Waals surface area contributed by atoms with Crippen molar-refractivity contribution in [1.29, 1.82) is 5.26 Å². The zero-order chi connectivity index (χ0) is 9.14. The van der Waals surface area contributed by atoms with Crippen molar-refractivity contribution in [1.82, 2.24) is 4.90 Å². The second-order valence-corrected chi connectivity index (χ2v) is 2.34. The van der Waals surface area contributed by atoms with E-state index in [0.29, 0.717) is 5.96 Å². The Hall–Kier alpha value is -1.92. The predicted octanol–water partition coefficient (Wildman–Crippen LogP) is 0.00518. The van der Waals surface area contributed by atoms with Crippen LogP contribution in [0.3, 0.4) is 0 Å². The highest BCUT2D eigenvalue weighted by Crippen LogP contribution is 2.07. The molecule has 0 N–H and O–H groups in total. The minimum Gasteiger partial charge on any atom is -0.761 e. The highest BCUT2D eigenvalue weighted by atomic mass is 15.3. The molecule has 0 atom stereocenters. The van der Waals surface area contributed by atoms with E-state index in [1.54, 1.807) is 30.9 Å². The van der Waals surface area contributed by atoms with Crippen LogP contribution >= 0.6 is 0 Å². The Balaban J connectivity index is 3.09. The molecular formula is C7H6N5-. The third kappa shape index (κ3) is 1.24. The molecule has 0 bridgehead atoms. The quantitative estimate of drug-likeness (QED) is 0.468. The summed E-state index contributed by atoms with van der Waals surface area (Å²) in [6, 6.07) is 1.80. The molecule has 0 aliphatic carbocycles. The van der Waals surface area contributed by atoms with Gasteiger partial charge in [-0.05, 0) is 0 Å². The van der Waals surface area contributed by atoms with E-state index in [9.17, 15) is 0 Å². The summed E-state index contributed by atoms with van der Waals surface area (Å²) in [5.41, 5.74) is 0.169. The van der Waals surface area contributed by atoms with E-state index in [2.05, 4.69) is 9.98 Å². The first kappa shape index (κ1) is 8.18. The molecule has 0 aromatic carbocycles. The van der Waals surface area contributed by atoms with Gasteiger partial charge in [0.15, 0.2) is 5.71 Å². The van der Waals surface area contributed by atoms with Crippen LogP contribution in [0.4, 0.5) is 0 Å². The molecule has 0 saturated carbocycles. The summed E-state index contributed by atoms with van der Waals surface area (Å²) in [7, 11) is 3.50. The number of aliphatic imine (C=N–C) groups is 2. The van der Waals surface area contributed by atoms with Gasteiger partial charge in [-0.15, -0.1) is 0 Å². The predicted molar refractivity (Wildman–Crippen MR) is 46.0 cm³/mol. The first-order valence-corrected chi connectivity index (χ1v) is 3.21. The van der Waals surface area contributed by atoms with Gasteiger partial charge in [-0.25, -0.2) is 10.9 Å². The van der Waals surface area contributed by atoms with Crippen LogP contribution in [0.1, 0.15) is 0 Å². The van der Waals surface area contributed by atoms with E-state index in [1.807, 2.05) is 0 Å². The Morgan fingerprint density at radius 3 is 2.42 bits per heavy atom. The lowest BCUT2D eigenvalue weighted by Gasteiger charge is -2.05. The van der Waals surface area contributed by atoms with E-state index in [-0.39, 0.29) is 11.4 Å². The van der Waals surface area contributed by atoms with Gasteiger partial charge in [-0.3, -0.25) is 0 Å². The third-order valence-electron chi connectivity index (χ3n) is 1.26. The SMILES string of the molecule is CN(C)C1=NC(=C=[N-])C(C#N)=N1. The van der Waals surface area contributed by atoms with Crippen LogP contribution in [0, 0.1) is 11.3 Å². The van der Waals surface area contributed by atoms with Gasteiger partial charge >= 0.3 is 0 Å². The molecule has 0 unspecified atom stereocenters. The summed E-state index contributed by atoms with van der Waals surface area (Å²) in [5.74, 6) is 2.19.